The molecular formula is C15H14N4O. The monoisotopic (exact) mass is 266 g/mol. The van der Waals surface area contributed by atoms with Crippen molar-refractivity contribution in [3.63, 3.8) is 0 Å². The van der Waals surface area contributed by atoms with E-state index in [4.69, 9.17) is 16.0 Å². The van der Waals surface area contributed by atoms with E-state index in [1.54, 1.807) is 18.2 Å². The summed E-state index contributed by atoms with van der Waals surface area (Å²) in [5.41, 5.74) is 14.5. The Morgan fingerprint density at radius 1 is 0.950 bits per heavy atom. The molecule has 5 nitrogen and oxygen atoms in total. The first-order chi connectivity index (χ1) is 9.70. The standard InChI is InChI=1S/C15H14N4O/c16-12-7-11(8-13(17)9-12)15-18-14(19-20-15)6-10-4-2-1-3-5-10/h1-5,7-9H,6,16-17H2. The number of benzene rings is 2. The van der Waals surface area contributed by atoms with Gasteiger partial charge in [-0.05, 0) is 23.8 Å². The molecule has 0 bridgehead atoms. The molecule has 4 N–H and O–H groups in total. The Morgan fingerprint density at radius 3 is 2.35 bits per heavy atom. The lowest BCUT2D eigenvalue weighted by Gasteiger charge is -1.99. The number of nitrogens with two attached hydrogens (primary N) is 2. The molecule has 3 aromatic rings. The van der Waals surface area contributed by atoms with Gasteiger partial charge in [0.05, 0.1) is 0 Å². The largest absolute Gasteiger partial charge is 0.399 e. The van der Waals surface area contributed by atoms with Gasteiger partial charge in [0.25, 0.3) is 5.89 Å². The molecule has 0 unspecified atom stereocenters. The fourth-order valence-electron chi connectivity index (χ4n) is 2.02. The molecule has 20 heavy (non-hydrogen) atoms. The average molecular weight is 266 g/mol. The second-order valence-corrected chi connectivity index (χ2v) is 4.57. The topological polar surface area (TPSA) is 91.0 Å². The van der Waals surface area contributed by atoms with E-state index in [0.717, 1.165) is 11.1 Å². The Balaban J connectivity index is 1.86. The summed E-state index contributed by atoms with van der Waals surface area (Å²) < 4.78 is 5.26. The van der Waals surface area contributed by atoms with Gasteiger partial charge in [-0.1, -0.05) is 35.5 Å². The van der Waals surface area contributed by atoms with Crippen molar-refractivity contribution in [2.45, 2.75) is 6.42 Å². The van der Waals surface area contributed by atoms with Crippen LogP contribution >= 0.6 is 0 Å². The van der Waals surface area contributed by atoms with Crippen LogP contribution in [0, 0.1) is 0 Å². The number of nitrogens with zero attached hydrogens (tertiary/aromatic N) is 2. The summed E-state index contributed by atoms with van der Waals surface area (Å²) in [6, 6.07) is 15.2. The van der Waals surface area contributed by atoms with Crippen molar-refractivity contribution in [1.82, 2.24) is 10.1 Å². The van der Waals surface area contributed by atoms with Gasteiger partial charge in [0.2, 0.25) is 0 Å². The number of aromatic nitrogens is 2. The Labute approximate surface area is 116 Å². The molecular weight excluding hydrogens is 252 g/mol. The highest BCUT2D eigenvalue weighted by Crippen LogP contribution is 2.23. The van der Waals surface area contributed by atoms with E-state index in [1.165, 1.54) is 0 Å². The molecule has 1 heterocycles. The van der Waals surface area contributed by atoms with Crippen LogP contribution in [-0.4, -0.2) is 10.1 Å². The number of nitrogen functional groups attached to an aromatic ring is 2. The zero-order valence-corrected chi connectivity index (χ0v) is 10.8. The summed E-state index contributed by atoms with van der Waals surface area (Å²) in [6.45, 7) is 0. The zero-order chi connectivity index (χ0) is 13.9. The van der Waals surface area contributed by atoms with Crippen LogP contribution in [0.3, 0.4) is 0 Å². The Morgan fingerprint density at radius 2 is 1.65 bits per heavy atom. The van der Waals surface area contributed by atoms with E-state index in [0.29, 0.717) is 29.5 Å². The summed E-state index contributed by atoms with van der Waals surface area (Å²) in [5, 5.41) is 3.98. The number of hydrogen-bond donors (Lipinski definition) is 2. The van der Waals surface area contributed by atoms with Gasteiger partial charge < -0.3 is 16.0 Å². The number of rotatable bonds is 3. The quantitative estimate of drug-likeness (QED) is 0.711. The van der Waals surface area contributed by atoms with E-state index in [9.17, 15) is 0 Å². The van der Waals surface area contributed by atoms with E-state index < -0.39 is 0 Å². The fraction of sp³-hybridized carbons (Fsp3) is 0.0667. The van der Waals surface area contributed by atoms with Crippen LogP contribution in [0.1, 0.15) is 11.4 Å². The molecule has 0 fully saturated rings. The normalized spacial score (nSPS) is 10.6. The molecule has 0 atom stereocenters. The number of hydrogen-bond acceptors (Lipinski definition) is 5. The highest BCUT2D eigenvalue weighted by atomic mass is 16.5. The van der Waals surface area contributed by atoms with E-state index >= 15 is 0 Å². The Kier molecular flexibility index (Phi) is 3.09. The van der Waals surface area contributed by atoms with Crippen LogP contribution in [-0.2, 0) is 6.42 Å². The third kappa shape index (κ3) is 2.61. The number of anilines is 2. The summed E-state index contributed by atoms with van der Waals surface area (Å²) in [5.74, 6) is 1.06. The molecule has 0 saturated carbocycles. The van der Waals surface area contributed by atoms with E-state index in [-0.39, 0.29) is 0 Å². The molecule has 0 saturated heterocycles. The van der Waals surface area contributed by atoms with Crippen molar-refractivity contribution < 1.29 is 4.52 Å². The molecule has 5 heteroatoms. The molecule has 3 rings (SSSR count). The first kappa shape index (κ1) is 12.2. The van der Waals surface area contributed by atoms with Crippen molar-refractivity contribution in [2.75, 3.05) is 11.5 Å². The average Bonchev–Trinajstić information content (AvgIpc) is 2.87. The lowest BCUT2D eigenvalue weighted by atomic mass is 10.1. The van der Waals surface area contributed by atoms with Crippen LogP contribution in [0.4, 0.5) is 11.4 Å². The fourth-order valence-corrected chi connectivity index (χ4v) is 2.02. The summed E-state index contributed by atoms with van der Waals surface area (Å²) >= 11 is 0. The van der Waals surface area contributed by atoms with Crippen molar-refractivity contribution >= 4 is 11.4 Å². The van der Waals surface area contributed by atoms with Crippen molar-refractivity contribution in [1.29, 1.82) is 0 Å². The first-order valence-electron chi connectivity index (χ1n) is 6.23. The molecule has 0 amide bonds. The SMILES string of the molecule is Nc1cc(N)cc(-c2nc(Cc3ccccc3)no2)c1. The molecule has 2 aromatic carbocycles. The summed E-state index contributed by atoms with van der Waals surface area (Å²) in [7, 11) is 0. The van der Waals surface area contributed by atoms with Crippen LogP contribution in [0.15, 0.2) is 53.1 Å². The third-order valence-corrected chi connectivity index (χ3v) is 2.90. The molecule has 0 aliphatic carbocycles. The van der Waals surface area contributed by atoms with Crippen LogP contribution in [0.25, 0.3) is 11.5 Å². The minimum atomic E-state index is 0.426. The molecule has 0 aliphatic heterocycles. The highest BCUT2D eigenvalue weighted by Gasteiger charge is 2.10. The third-order valence-electron chi connectivity index (χ3n) is 2.90. The van der Waals surface area contributed by atoms with E-state index in [2.05, 4.69) is 10.1 Å². The van der Waals surface area contributed by atoms with Gasteiger partial charge in [-0.25, -0.2) is 0 Å². The van der Waals surface area contributed by atoms with Gasteiger partial charge in [0, 0.05) is 23.4 Å². The van der Waals surface area contributed by atoms with Gasteiger partial charge in [-0.2, -0.15) is 4.98 Å². The van der Waals surface area contributed by atoms with E-state index in [1.807, 2.05) is 30.3 Å². The molecule has 0 radical (unpaired) electrons. The van der Waals surface area contributed by atoms with Crippen LogP contribution in [0.2, 0.25) is 0 Å². The van der Waals surface area contributed by atoms with Crippen molar-refractivity contribution in [3.8, 4) is 11.5 Å². The van der Waals surface area contributed by atoms with Gasteiger partial charge >= 0.3 is 0 Å². The van der Waals surface area contributed by atoms with Crippen LogP contribution < -0.4 is 11.5 Å². The maximum Gasteiger partial charge on any atom is 0.258 e. The first-order valence-corrected chi connectivity index (χ1v) is 6.23. The minimum Gasteiger partial charge on any atom is -0.399 e. The smallest absolute Gasteiger partial charge is 0.258 e. The summed E-state index contributed by atoms with van der Waals surface area (Å²) in [4.78, 5) is 4.37. The predicted octanol–water partition coefficient (Wildman–Crippen LogP) is 2.49. The second-order valence-electron chi connectivity index (χ2n) is 4.57. The second kappa shape index (κ2) is 5.05. The highest BCUT2D eigenvalue weighted by molar-refractivity contribution is 5.67. The lowest BCUT2D eigenvalue weighted by Crippen LogP contribution is -1.92. The Bertz CT molecular complexity index is 701. The molecule has 0 aliphatic rings. The molecule has 1 aromatic heterocycles. The van der Waals surface area contributed by atoms with Gasteiger partial charge in [-0.15, -0.1) is 0 Å². The molecule has 100 valence electrons. The van der Waals surface area contributed by atoms with Gasteiger partial charge in [-0.3, -0.25) is 0 Å². The van der Waals surface area contributed by atoms with Gasteiger partial charge in [0.1, 0.15) is 0 Å². The van der Waals surface area contributed by atoms with Crippen LogP contribution in [0.5, 0.6) is 0 Å². The maximum atomic E-state index is 5.76. The van der Waals surface area contributed by atoms with Crippen molar-refractivity contribution in [3.05, 3.63) is 59.9 Å². The molecule has 0 spiro atoms. The Hall–Kier alpha value is -2.82. The zero-order valence-electron chi connectivity index (χ0n) is 10.8. The predicted molar refractivity (Wildman–Crippen MR) is 77.8 cm³/mol. The van der Waals surface area contributed by atoms with Crippen molar-refractivity contribution in [2.24, 2.45) is 0 Å². The maximum absolute atomic E-state index is 5.76. The minimum absolute atomic E-state index is 0.426. The lowest BCUT2D eigenvalue weighted by molar-refractivity contribution is 0.424. The van der Waals surface area contributed by atoms with Gasteiger partial charge in [0.15, 0.2) is 5.82 Å². The summed E-state index contributed by atoms with van der Waals surface area (Å²) in [6.07, 6.45) is 0.627.